The average Bonchev–Trinajstić information content (AvgIpc) is 2.89. The summed E-state index contributed by atoms with van der Waals surface area (Å²) in [6, 6.07) is 16.6. The van der Waals surface area contributed by atoms with Crippen LogP contribution in [0.1, 0.15) is 24.8 Å². The van der Waals surface area contributed by atoms with Gasteiger partial charge in [0.1, 0.15) is 5.82 Å². The summed E-state index contributed by atoms with van der Waals surface area (Å²) in [5, 5.41) is 3.03. The molecule has 12 heteroatoms. The van der Waals surface area contributed by atoms with Crippen LogP contribution in [0.2, 0.25) is 0 Å². The molecular formula is C26H26FN5O4S2. The highest BCUT2D eigenvalue weighted by molar-refractivity contribution is 7.92. The van der Waals surface area contributed by atoms with Gasteiger partial charge in [-0.1, -0.05) is 24.6 Å². The van der Waals surface area contributed by atoms with Crippen molar-refractivity contribution in [2.45, 2.75) is 36.0 Å². The Labute approximate surface area is 220 Å². The van der Waals surface area contributed by atoms with Crippen molar-refractivity contribution in [1.82, 2.24) is 14.3 Å². The third-order valence-corrected chi connectivity index (χ3v) is 9.67. The molecule has 0 spiro atoms. The molecule has 4 aromatic rings. The summed E-state index contributed by atoms with van der Waals surface area (Å²) in [5.41, 5.74) is 1.59. The van der Waals surface area contributed by atoms with Gasteiger partial charge in [-0.25, -0.2) is 31.2 Å². The normalized spacial score (nSPS) is 14.9. The number of hydrogen-bond donors (Lipinski definition) is 2. The minimum Gasteiger partial charge on any atom is -0.337 e. The number of piperidine rings is 1. The quantitative estimate of drug-likeness (QED) is 0.336. The topological polar surface area (TPSA) is 121 Å². The standard InChI is InChI=1S/C26H26FN5O4S2/c1-18-16-19(27)12-13-24(18)37(33,34)31-26-25(29-22-10-3-4-11-23(22)30-26)28-20-8-7-9-21(17-20)38(35,36)32-14-5-2-6-15-32/h3-4,7-13,16-17H,2,5-6,14-15H2,1H3,(H,28,29)(H,30,31). The Bertz CT molecular complexity index is 1720. The van der Waals surface area contributed by atoms with Crippen LogP contribution < -0.4 is 10.0 Å². The van der Waals surface area contributed by atoms with Gasteiger partial charge >= 0.3 is 0 Å². The third-order valence-electron chi connectivity index (χ3n) is 6.28. The Hall–Kier alpha value is -3.61. The zero-order valence-corrected chi connectivity index (χ0v) is 22.2. The van der Waals surface area contributed by atoms with E-state index in [1.54, 1.807) is 36.4 Å². The first-order valence-corrected chi connectivity index (χ1v) is 15.0. The van der Waals surface area contributed by atoms with Gasteiger partial charge in [-0.15, -0.1) is 0 Å². The van der Waals surface area contributed by atoms with Crippen molar-refractivity contribution in [3.05, 3.63) is 78.1 Å². The van der Waals surface area contributed by atoms with Gasteiger partial charge in [0.15, 0.2) is 11.6 Å². The second-order valence-corrected chi connectivity index (χ2v) is 12.6. The van der Waals surface area contributed by atoms with Gasteiger partial charge in [0.2, 0.25) is 10.0 Å². The molecule has 1 fully saturated rings. The van der Waals surface area contributed by atoms with Crippen LogP contribution in [0, 0.1) is 12.7 Å². The lowest BCUT2D eigenvalue weighted by Gasteiger charge is -2.26. The van der Waals surface area contributed by atoms with Crippen molar-refractivity contribution < 1.29 is 21.2 Å². The molecule has 1 aliphatic rings. The molecule has 2 N–H and O–H groups in total. The van der Waals surface area contributed by atoms with Gasteiger partial charge in [0, 0.05) is 18.8 Å². The number of fused-ring (bicyclic) bond motifs is 1. The summed E-state index contributed by atoms with van der Waals surface area (Å²) in [6.07, 6.45) is 2.64. The first-order chi connectivity index (χ1) is 18.1. The van der Waals surface area contributed by atoms with Gasteiger partial charge in [-0.2, -0.15) is 4.31 Å². The van der Waals surface area contributed by atoms with Crippen LogP contribution >= 0.6 is 0 Å². The molecule has 1 saturated heterocycles. The van der Waals surface area contributed by atoms with Gasteiger partial charge in [0.25, 0.3) is 10.0 Å². The highest BCUT2D eigenvalue weighted by Gasteiger charge is 2.26. The number of benzene rings is 3. The van der Waals surface area contributed by atoms with E-state index in [1.165, 1.54) is 29.4 Å². The number of nitrogens with zero attached hydrogens (tertiary/aromatic N) is 3. The van der Waals surface area contributed by atoms with Crippen LogP contribution in [-0.4, -0.2) is 44.2 Å². The monoisotopic (exact) mass is 555 g/mol. The number of rotatable bonds is 7. The maximum Gasteiger partial charge on any atom is 0.263 e. The van der Waals surface area contributed by atoms with Crippen LogP contribution in [0.4, 0.5) is 21.7 Å². The number of hydrogen-bond acceptors (Lipinski definition) is 7. The molecule has 0 atom stereocenters. The lowest BCUT2D eigenvalue weighted by atomic mass is 10.2. The molecule has 0 amide bonds. The maximum atomic E-state index is 13.6. The van der Waals surface area contributed by atoms with E-state index in [4.69, 9.17) is 0 Å². The van der Waals surface area contributed by atoms with Crippen LogP contribution in [-0.2, 0) is 20.0 Å². The van der Waals surface area contributed by atoms with E-state index in [1.807, 2.05) is 0 Å². The minimum atomic E-state index is -4.15. The number of para-hydroxylation sites is 2. The Morgan fingerprint density at radius 2 is 1.50 bits per heavy atom. The number of aromatic nitrogens is 2. The van der Waals surface area contributed by atoms with Crippen molar-refractivity contribution in [3.8, 4) is 0 Å². The smallest absolute Gasteiger partial charge is 0.263 e. The van der Waals surface area contributed by atoms with Crippen molar-refractivity contribution in [2.24, 2.45) is 0 Å². The lowest BCUT2D eigenvalue weighted by molar-refractivity contribution is 0.346. The molecule has 2 heterocycles. The van der Waals surface area contributed by atoms with E-state index >= 15 is 0 Å². The molecule has 1 aliphatic heterocycles. The molecule has 1 aromatic heterocycles. The Morgan fingerprint density at radius 1 is 0.816 bits per heavy atom. The number of halogens is 1. The van der Waals surface area contributed by atoms with Crippen molar-refractivity contribution in [3.63, 3.8) is 0 Å². The highest BCUT2D eigenvalue weighted by atomic mass is 32.2. The van der Waals surface area contributed by atoms with Crippen molar-refractivity contribution in [2.75, 3.05) is 23.1 Å². The summed E-state index contributed by atoms with van der Waals surface area (Å²) in [5.74, 6) is -0.551. The summed E-state index contributed by atoms with van der Waals surface area (Å²) in [7, 11) is -7.83. The van der Waals surface area contributed by atoms with Crippen LogP contribution in [0.25, 0.3) is 11.0 Å². The largest absolute Gasteiger partial charge is 0.337 e. The minimum absolute atomic E-state index is 0.0829. The molecule has 0 saturated carbocycles. The molecule has 3 aromatic carbocycles. The Kier molecular flexibility index (Phi) is 7.03. The third kappa shape index (κ3) is 5.33. The molecule has 5 rings (SSSR count). The molecule has 0 radical (unpaired) electrons. The van der Waals surface area contributed by atoms with E-state index < -0.39 is 25.9 Å². The van der Waals surface area contributed by atoms with Crippen molar-refractivity contribution >= 4 is 48.4 Å². The predicted octanol–water partition coefficient (Wildman–Crippen LogP) is 4.80. The van der Waals surface area contributed by atoms with Crippen molar-refractivity contribution in [1.29, 1.82) is 0 Å². The number of anilines is 3. The Balaban J connectivity index is 1.52. The number of aryl methyl sites for hydroxylation is 1. The van der Waals surface area contributed by atoms with Gasteiger partial charge < -0.3 is 5.32 Å². The van der Waals surface area contributed by atoms with Gasteiger partial charge in [0.05, 0.1) is 20.8 Å². The number of nitrogens with one attached hydrogen (secondary N) is 2. The fourth-order valence-corrected chi connectivity index (χ4v) is 7.18. The first-order valence-electron chi connectivity index (χ1n) is 12.1. The molecule has 0 unspecified atom stereocenters. The average molecular weight is 556 g/mol. The summed E-state index contributed by atoms with van der Waals surface area (Å²) < 4.78 is 70.3. The fourth-order valence-electron chi connectivity index (χ4n) is 4.38. The molecule has 0 bridgehead atoms. The molecular weight excluding hydrogens is 529 g/mol. The van der Waals surface area contributed by atoms with Crippen LogP contribution in [0.15, 0.2) is 76.5 Å². The summed E-state index contributed by atoms with van der Waals surface area (Å²) >= 11 is 0. The second kappa shape index (κ2) is 10.3. The van der Waals surface area contributed by atoms with Gasteiger partial charge in [-0.3, -0.25) is 4.72 Å². The Morgan fingerprint density at radius 3 is 2.18 bits per heavy atom. The zero-order valence-electron chi connectivity index (χ0n) is 20.6. The molecule has 9 nitrogen and oxygen atoms in total. The number of sulfonamides is 2. The van der Waals surface area contributed by atoms with Crippen LogP contribution in [0.3, 0.4) is 0 Å². The van der Waals surface area contributed by atoms with E-state index in [0.717, 1.165) is 31.4 Å². The van der Waals surface area contributed by atoms with E-state index in [0.29, 0.717) is 29.8 Å². The summed E-state index contributed by atoms with van der Waals surface area (Å²) in [4.78, 5) is 9.03. The fraction of sp³-hybridized carbons (Fsp3) is 0.231. The molecule has 198 valence electrons. The second-order valence-electron chi connectivity index (χ2n) is 9.04. The van der Waals surface area contributed by atoms with E-state index in [-0.39, 0.29) is 27.0 Å². The van der Waals surface area contributed by atoms with Crippen LogP contribution in [0.5, 0.6) is 0 Å². The highest BCUT2D eigenvalue weighted by Crippen LogP contribution is 2.30. The van der Waals surface area contributed by atoms with E-state index in [2.05, 4.69) is 20.0 Å². The lowest BCUT2D eigenvalue weighted by Crippen LogP contribution is -2.35. The van der Waals surface area contributed by atoms with E-state index in [9.17, 15) is 21.2 Å². The van der Waals surface area contributed by atoms with Gasteiger partial charge in [-0.05, 0) is 73.9 Å². The predicted molar refractivity (Wildman–Crippen MR) is 144 cm³/mol. The zero-order chi connectivity index (χ0) is 26.9. The SMILES string of the molecule is Cc1cc(F)ccc1S(=O)(=O)Nc1nc2ccccc2nc1Nc1cccc(S(=O)(=O)N2CCCCC2)c1. The first kappa shape index (κ1) is 26.0. The molecule has 0 aliphatic carbocycles. The molecule has 38 heavy (non-hydrogen) atoms. The maximum absolute atomic E-state index is 13.6. The summed E-state index contributed by atoms with van der Waals surface area (Å²) in [6.45, 7) is 2.45.